The molecule has 3 nitrogen and oxygen atoms in total. The van der Waals surface area contributed by atoms with Crippen LogP contribution in [0.15, 0.2) is 54.7 Å². The largest absolute Gasteiger partial charge is 0.477 e. The van der Waals surface area contributed by atoms with E-state index in [1.807, 2.05) is 29.8 Å². The van der Waals surface area contributed by atoms with Crippen molar-refractivity contribution >= 4 is 16.7 Å². The fraction of sp³-hybridized carbons (Fsp3) is 0.211. The van der Waals surface area contributed by atoms with Crippen LogP contribution in [0.5, 0.6) is 0 Å². The molecule has 22 heavy (non-hydrogen) atoms. The Morgan fingerprint density at radius 3 is 2.68 bits per heavy atom. The van der Waals surface area contributed by atoms with E-state index in [2.05, 4.69) is 31.2 Å². The molecule has 0 saturated heterocycles. The Hall–Kier alpha value is -2.55. The maximum Gasteiger partial charge on any atom is 0.352 e. The summed E-state index contributed by atoms with van der Waals surface area (Å²) in [6, 6.07) is 16.1. The first kappa shape index (κ1) is 14.4. The molecule has 0 aliphatic carbocycles. The molecule has 0 aliphatic heterocycles. The third-order valence-corrected chi connectivity index (χ3v) is 4.23. The van der Waals surface area contributed by atoms with Crippen LogP contribution < -0.4 is 0 Å². The highest BCUT2D eigenvalue weighted by molar-refractivity contribution is 5.88. The zero-order valence-corrected chi connectivity index (χ0v) is 12.8. The lowest BCUT2D eigenvalue weighted by atomic mass is 9.95. The molecule has 3 aromatic rings. The van der Waals surface area contributed by atoms with E-state index < -0.39 is 5.97 Å². The van der Waals surface area contributed by atoms with Crippen LogP contribution in [0.3, 0.4) is 0 Å². The van der Waals surface area contributed by atoms with E-state index >= 15 is 0 Å². The molecular formula is C19H19NO2. The molecule has 1 atom stereocenters. The molecule has 0 aliphatic rings. The monoisotopic (exact) mass is 293 g/mol. The Balaban J connectivity index is 2.20. The van der Waals surface area contributed by atoms with Crippen molar-refractivity contribution in [2.45, 2.75) is 26.3 Å². The average Bonchev–Trinajstić information content (AvgIpc) is 3.03. The summed E-state index contributed by atoms with van der Waals surface area (Å²) in [5.41, 5.74) is 2.75. The van der Waals surface area contributed by atoms with Crippen molar-refractivity contribution in [3.05, 3.63) is 71.5 Å². The summed E-state index contributed by atoms with van der Waals surface area (Å²) >= 11 is 0. The number of aromatic nitrogens is 1. The van der Waals surface area contributed by atoms with Crippen molar-refractivity contribution in [3.8, 4) is 0 Å². The van der Waals surface area contributed by atoms with E-state index in [1.54, 1.807) is 12.1 Å². The van der Waals surface area contributed by atoms with Crippen LogP contribution in [-0.4, -0.2) is 15.6 Å². The third kappa shape index (κ3) is 2.39. The average molecular weight is 293 g/mol. The lowest BCUT2D eigenvalue weighted by Gasteiger charge is -2.19. The summed E-state index contributed by atoms with van der Waals surface area (Å²) in [6.07, 6.45) is 2.80. The second-order valence-electron chi connectivity index (χ2n) is 5.54. The molecule has 0 amide bonds. The first-order valence-corrected chi connectivity index (χ1v) is 7.53. The maximum absolute atomic E-state index is 11.4. The Morgan fingerprint density at radius 1 is 1.18 bits per heavy atom. The summed E-state index contributed by atoms with van der Waals surface area (Å²) in [6.45, 7) is 4.19. The minimum Gasteiger partial charge on any atom is -0.477 e. The standard InChI is InChI=1S/C19H19NO2/c1-3-14-11-15-7-4-5-8-16(15)17(12-14)13(2)20-10-6-9-18(20)19(21)22/h4-13H,3H2,1-2H3,(H,21,22). The number of nitrogens with zero attached hydrogens (tertiary/aromatic N) is 1. The van der Waals surface area contributed by atoms with Gasteiger partial charge in [-0.1, -0.05) is 43.3 Å². The van der Waals surface area contributed by atoms with Crippen molar-refractivity contribution in [2.24, 2.45) is 0 Å². The molecule has 2 aromatic carbocycles. The summed E-state index contributed by atoms with van der Waals surface area (Å²) < 4.78 is 1.82. The number of fused-ring (bicyclic) bond motifs is 1. The van der Waals surface area contributed by atoms with Crippen molar-refractivity contribution in [3.63, 3.8) is 0 Å². The number of rotatable bonds is 4. The van der Waals surface area contributed by atoms with Gasteiger partial charge in [0.1, 0.15) is 5.69 Å². The molecule has 0 radical (unpaired) electrons. The van der Waals surface area contributed by atoms with Gasteiger partial charge in [-0.15, -0.1) is 0 Å². The number of carbonyl (C=O) groups is 1. The SMILES string of the molecule is CCc1cc(C(C)n2cccc2C(=O)O)c2ccccc2c1. The highest BCUT2D eigenvalue weighted by Gasteiger charge is 2.17. The van der Waals surface area contributed by atoms with Crippen molar-refractivity contribution < 1.29 is 9.90 Å². The van der Waals surface area contributed by atoms with Gasteiger partial charge in [0.15, 0.2) is 0 Å². The number of carboxylic acid groups (broad SMARTS) is 1. The van der Waals surface area contributed by atoms with E-state index in [9.17, 15) is 9.90 Å². The van der Waals surface area contributed by atoms with Crippen LogP contribution in [0.1, 0.15) is 41.5 Å². The molecule has 112 valence electrons. The normalized spacial score (nSPS) is 12.5. The lowest BCUT2D eigenvalue weighted by Crippen LogP contribution is -2.13. The number of hydrogen-bond acceptors (Lipinski definition) is 1. The molecule has 3 rings (SSSR count). The van der Waals surface area contributed by atoms with E-state index in [1.165, 1.54) is 16.3 Å². The van der Waals surface area contributed by atoms with Gasteiger partial charge < -0.3 is 9.67 Å². The van der Waals surface area contributed by atoms with Crippen LogP contribution in [0.2, 0.25) is 0 Å². The Morgan fingerprint density at radius 2 is 1.95 bits per heavy atom. The van der Waals surface area contributed by atoms with Crippen LogP contribution in [0.25, 0.3) is 10.8 Å². The highest BCUT2D eigenvalue weighted by Crippen LogP contribution is 2.29. The fourth-order valence-corrected chi connectivity index (χ4v) is 3.02. The van der Waals surface area contributed by atoms with Crippen molar-refractivity contribution in [1.29, 1.82) is 0 Å². The van der Waals surface area contributed by atoms with Gasteiger partial charge >= 0.3 is 5.97 Å². The summed E-state index contributed by atoms with van der Waals surface area (Å²) in [7, 11) is 0. The van der Waals surface area contributed by atoms with Crippen molar-refractivity contribution in [2.75, 3.05) is 0 Å². The minimum absolute atomic E-state index is 0.0301. The number of aromatic carboxylic acids is 1. The zero-order valence-electron chi connectivity index (χ0n) is 12.8. The smallest absolute Gasteiger partial charge is 0.352 e. The molecule has 0 bridgehead atoms. The van der Waals surface area contributed by atoms with Crippen LogP contribution >= 0.6 is 0 Å². The lowest BCUT2D eigenvalue weighted by molar-refractivity contribution is 0.0684. The molecule has 1 N–H and O–H groups in total. The molecule has 3 heteroatoms. The van der Waals surface area contributed by atoms with E-state index in [4.69, 9.17) is 0 Å². The predicted octanol–water partition coefficient (Wildman–Crippen LogP) is 4.51. The summed E-state index contributed by atoms with van der Waals surface area (Å²) in [5.74, 6) is -0.896. The number of carboxylic acids is 1. The first-order chi connectivity index (χ1) is 10.6. The van der Waals surface area contributed by atoms with Gasteiger partial charge in [-0.3, -0.25) is 0 Å². The van der Waals surface area contributed by atoms with Gasteiger partial charge in [0.2, 0.25) is 0 Å². The van der Waals surface area contributed by atoms with Crippen molar-refractivity contribution in [1.82, 2.24) is 4.57 Å². The van der Waals surface area contributed by atoms with Crippen LogP contribution in [-0.2, 0) is 6.42 Å². The third-order valence-electron chi connectivity index (χ3n) is 4.23. The Bertz CT molecular complexity index is 832. The van der Waals surface area contributed by atoms with E-state index in [0.29, 0.717) is 5.69 Å². The topological polar surface area (TPSA) is 42.2 Å². The van der Waals surface area contributed by atoms with Gasteiger partial charge in [0, 0.05) is 6.20 Å². The molecule has 0 fully saturated rings. The van der Waals surface area contributed by atoms with E-state index in [-0.39, 0.29) is 6.04 Å². The van der Waals surface area contributed by atoms with Crippen LogP contribution in [0.4, 0.5) is 0 Å². The van der Waals surface area contributed by atoms with Gasteiger partial charge in [-0.05, 0) is 47.4 Å². The molecule has 0 spiro atoms. The summed E-state index contributed by atoms with van der Waals surface area (Å²) in [4.78, 5) is 11.4. The van der Waals surface area contributed by atoms with Crippen LogP contribution in [0, 0.1) is 0 Å². The van der Waals surface area contributed by atoms with Gasteiger partial charge in [0.25, 0.3) is 0 Å². The predicted molar refractivity (Wildman–Crippen MR) is 88.5 cm³/mol. The Labute approximate surface area is 129 Å². The molecule has 0 saturated carbocycles. The summed E-state index contributed by atoms with van der Waals surface area (Å²) in [5, 5.41) is 11.7. The number of hydrogen-bond donors (Lipinski definition) is 1. The maximum atomic E-state index is 11.4. The van der Waals surface area contributed by atoms with E-state index in [0.717, 1.165) is 12.0 Å². The molecule has 1 heterocycles. The highest BCUT2D eigenvalue weighted by atomic mass is 16.4. The molecule has 1 aromatic heterocycles. The van der Waals surface area contributed by atoms with Gasteiger partial charge in [-0.2, -0.15) is 0 Å². The van der Waals surface area contributed by atoms with Gasteiger partial charge in [-0.25, -0.2) is 4.79 Å². The first-order valence-electron chi connectivity index (χ1n) is 7.53. The second kappa shape index (κ2) is 5.68. The second-order valence-corrected chi connectivity index (χ2v) is 5.54. The minimum atomic E-state index is -0.896. The number of benzene rings is 2. The quantitative estimate of drug-likeness (QED) is 0.769. The zero-order chi connectivity index (χ0) is 15.7. The fourth-order valence-electron chi connectivity index (χ4n) is 3.02. The van der Waals surface area contributed by atoms with Gasteiger partial charge in [0.05, 0.1) is 6.04 Å². The number of aryl methyl sites for hydroxylation is 1. The Kier molecular flexibility index (Phi) is 3.72. The molecular weight excluding hydrogens is 274 g/mol. The molecule has 1 unspecified atom stereocenters.